The molecule has 6 fully saturated rings. The van der Waals surface area contributed by atoms with Crippen LogP contribution in [0.15, 0.2) is 0 Å². The predicted octanol–water partition coefficient (Wildman–Crippen LogP) is 0.478. The van der Waals surface area contributed by atoms with Crippen LogP contribution in [0, 0.1) is 47.3 Å². The lowest BCUT2D eigenvalue weighted by Gasteiger charge is -2.52. The van der Waals surface area contributed by atoms with Crippen LogP contribution in [-0.4, -0.2) is 30.2 Å². The van der Waals surface area contributed by atoms with Crippen LogP contribution < -0.4 is 0 Å². The summed E-state index contributed by atoms with van der Waals surface area (Å²) in [6, 6.07) is 0. The zero-order valence-electron chi connectivity index (χ0n) is 9.08. The van der Waals surface area contributed by atoms with Crippen molar-refractivity contribution in [2.75, 3.05) is 13.2 Å². The minimum absolute atomic E-state index is 0.0211. The third kappa shape index (κ3) is 0.485. The van der Waals surface area contributed by atoms with Gasteiger partial charge in [-0.1, -0.05) is 0 Å². The maximum atomic E-state index is 10.4. The van der Waals surface area contributed by atoms with E-state index in [1.54, 1.807) is 0 Å². The molecule has 6 rings (SSSR count). The second kappa shape index (κ2) is 2.00. The van der Waals surface area contributed by atoms with Crippen LogP contribution in [-0.2, 0) is 9.47 Å². The monoisotopic (exact) mass is 220 g/mol. The Balaban J connectivity index is 1.64. The molecule has 0 amide bonds. The van der Waals surface area contributed by atoms with E-state index in [2.05, 4.69) is 0 Å². The van der Waals surface area contributed by atoms with Gasteiger partial charge in [-0.2, -0.15) is 0 Å². The largest absolute Gasteiger partial charge is 0.393 e. The first kappa shape index (κ1) is 8.06. The number of aliphatic hydroxyl groups excluding tert-OH is 1. The van der Waals surface area contributed by atoms with Gasteiger partial charge >= 0.3 is 0 Å². The Kier molecular flexibility index (Phi) is 1.01. The van der Waals surface area contributed by atoms with Crippen molar-refractivity contribution in [3.63, 3.8) is 0 Å². The van der Waals surface area contributed by atoms with Gasteiger partial charge in [-0.05, 0) is 41.9 Å². The fraction of sp³-hybridized carbons (Fsp3) is 1.00. The molecule has 9 atom stereocenters. The Labute approximate surface area is 94.1 Å². The predicted molar refractivity (Wildman–Crippen MR) is 53.2 cm³/mol. The van der Waals surface area contributed by atoms with Crippen molar-refractivity contribution in [1.29, 1.82) is 0 Å². The highest BCUT2D eigenvalue weighted by atomic mass is 16.7. The number of hydrogen-bond donors (Lipinski definition) is 1. The average Bonchev–Trinajstić information content (AvgIpc) is 2.87. The molecule has 2 bridgehead atoms. The van der Waals surface area contributed by atoms with Crippen molar-refractivity contribution in [2.45, 2.75) is 18.3 Å². The Morgan fingerprint density at radius 1 is 0.875 bits per heavy atom. The van der Waals surface area contributed by atoms with E-state index in [9.17, 15) is 5.11 Å². The summed E-state index contributed by atoms with van der Waals surface area (Å²) in [4.78, 5) is 0. The van der Waals surface area contributed by atoms with Crippen LogP contribution in [0.3, 0.4) is 0 Å². The topological polar surface area (TPSA) is 38.7 Å². The maximum absolute atomic E-state index is 10.4. The van der Waals surface area contributed by atoms with Gasteiger partial charge < -0.3 is 14.6 Å². The lowest BCUT2D eigenvalue weighted by Crippen LogP contribution is -2.59. The molecule has 86 valence electrons. The minimum Gasteiger partial charge on any atom is -0.393 e. The van der Waals surface area contributed by atoms with E-state index in [1.165, 1.54) is 6.42 Å². The van der Waals surface area contributed by atoms with E-state index in [-0.39, 0.29) is 11.9 Å². The van der Waals surface area contributed by atoms with Gasteiger partial charge in [-0.3, -0.25) is 0 Å². The van der Waals surface area contributed by atoms with Gasteiger partial charge in [0.15, 0.2) is 5.79 Å². The molecule has 0 radical (unpaired) electrons. The van der Waals surface area contributed by atoms with Crippen LogP contribution in [0.4, 0.5) is 0 Å². The molecule has 5 aliphatic carbocycles. The summed E-state index contributed by atoms with van der Waals surface area (Å²) in [5.74, 6) is 5.26. The first-order chi connectivity index (χ1) is 7.84. The Bertz CT molecular complexity index is 402. The van der Waals surface area contributed by atoms with E-state index in [0.717, 1.165) is 36.9 Å². The first-order valence-electron chi connectivity index (χ1n) is 6.80. The van der Waals surface area contributed by atoms with E-state index in [1.807, 2.05) is 0 Å². The summed E-state index contributed by atoms with van der Waals surface area (Å²) in [5, 5.41) is 10.4. The summed E-state index contributed by atoms with van der Waals surface area (Å²) in [5.41, 5.74) is 0. The third-order valence-corrected chi connectivity index (χ3v) is 7.08. The molecule has 6 aliphatic rings. The lowest BCUT2D eigenvalue weighted by molar-refractivity contribution is -0.277. The van der Waals surface area contributed by atoms with Crippen LogP contribution in [0.1, 0.15) is 6.42 Å². The van der Waals surface area contributed by atoms with Gasteiger partial charge in [0.1, 0.15) is 0 Å². The zero-order chi connectivity index (χ0) is 10.2. The van der Waals surface area contributed by atoms with Crippen molar-refractivity contribution in [3.05, 3.63) is 0 Å². The number of ether oxygens (including phenoxy) is 2. The van der Waals surface area contributed by atoms with Crippen LogP contribution in [0.25, 0.3) is 0 Å². The summed E-state index contributed by atoms with van der Waals surface area (Å²) >= 11 is 0. The number of fused-ring (bicyclic) bond motifs is 4. The SMILES string of the molecule is O[C@@H]1[C@@H]2[C@H]3[C@@H]4C[C@@H]5[C@H]3[C@@H]2C2(OCCO2)[C@H]5[C@@H]14. The molecule has 1 aliphatic heterocycles. The van der Waals surface area contributed by atoms with Crippen molar-refractivity contribution >= 4 is 0 Å². The van der Waals surface area contributed by atoms with Gasteiger partial charge in [0.2, 0.25) is 0 Å². The standard InChI is InChI=1S/C13H16O3/c14-12-8-4-3-5-7-6(4)9(12)11(7)13(10(5)8)15-1-2-16-13/h4-12,14H,1-3H2/t4-,5+,6-,7+,8-,9+,10+,11-,12-/m0/s1. The highest BCUT2D eigenvalue weighted by Gasteiger charge is 2.89. The highest BCUT2D eigenvalue weighted by Crippen LogP contribution is 2.86. The Morgan fingerprint density at radius 2 is 1.69 bits per heavy atom. The van der Waals surface area contributed by atoms with Crippen molar-refractivity contribution in [3.8, 4) is 0 Å². The summed E-state index contributed by atoms with van der Waals surface area (Å²) in [7, 11) is 0. The van der Waals surface area contributed by atoms with Crippen LogP contribution in [0.5, 0.6) is 0 Å². The molecular weight excluding hydrogens is 204 g/mol. The van der Waals surface area contributed by atoms with E-state index in [0.29, 0.717) is 23.7 Å². The summed E-state index contributed by atoms with van der Waals surface area (Å²) < 4.78 is 12.2. The molecule has 0 aromatic carbocycles. The minimum atomic E-state index is -0.231. The molecule has 1 N–H and O–H groups in total. The molecule has 1 saturated heterocycles. The van der Waals surface area contributed by atoms with Gasteiger partial charge in [-0.15, -0.1) is 0 Å². The van der Waals surface area contributed by atoms with Crippen LogP contribution in [0.2, 0.25) is 0 Å². The maximum Gasteiger partial charge on any atom is 0.175 e. The van der Waals surface area contributed by atoms with E-state index in [4.69, 9.17) is 9.47 Å². The van der Waals surface area contributed by atoms with E-state index >= 15 is 0 Å². The molecule has 16 heavy (non-hydrogen) atoms. The zero-order valence-corrected chi connectivity index (χ0v) is 9.08. The quantitative estimate of drug-likeness (QED) is 0.645. The lowest BCUT2D eigenvalue weighted by atomic mass is 9.57. The second-order valence-electron chi connectivity index (χ2n) is 6.83. The summed E-state index contributed by atoms with van der Waals surface area (Å²) in [6.07, 6.45) is 1.34. The molecule has 0 unspecified atom stereocenters. The van der Waals surface area contributed by atoms with Crippen molar-refractivity contribution in [1.82, 2.24) is 0 Å². The van der Waals surface area contributed by atoms with Crippen molar-refractivity contribution < 1.29 is 14.6 Å². The van der Waals surface area contributed by atoms with Gasteiger partial charge in [-0.25, -0.2) is 0 Å². The molecule has 3 nitrogen and oxygen atoms in total. The Morgan fingerprint density at radius 3 is 2.50 bits per heavy atom. The number of hydrogen-bond acceptors (Lipinski definition) is 3. The third-order valence-electron chi connectivity index (χ3n) is 7.08. The highest BCUT2D eigenvalue weighted by molar-refractivity contribution is 5.33. The first-order valence-corrected chi connectivity index (χ1v) is 6.80. The van der Waals surface area contributed by atoms with Crippen LogP contribution >= 0.6 is 0 Å². The molecule has 0 aromatic heterocycles. The second-order valence-corrected chi connectivity index (χ2v) is 6.83. The molecular formula is C13H16O3. The molecule has 0 aromatic rings. The fourth-order valence-corrected chi connectivity index (χ4v) is 7.27. The summed E-state index contributed by atoms with van der Waals surface area (Å²) in [6.45, 7) is 1.55. The van der Waals surface area contributed by atoms with Gasteiger partial charge in [0, 0.05) is 11.8 Å². The molecule has 3 heteroatoms. The Hall–Kier alpha value is -0.120. The molecule has 5 saturated carbocycles. The number of aliphatic hydroxyl groups is 1. The van der Waals surface area contributed by atoms with Gasteiger partial charge in [0.05, 0.1) is 19.3 Å². The van der Waals surface area contributed by atoms with Gasteiger partial charge in [0.25, 0.3) is 0 Å². The van der Waals surface area contributed by atoms with Crippen molar-refractivity contribution in [2.24, 2.45) is 47.3 Å². The van der Waals surface area contributed by atoms with E-state index < -0.39 is 0 Å². The normalized spacial score (nSPS) is 74.4. The smallest absolute Gasteiger partial charge is 0.175 e. The molecule has 1 spiro atoms. The average molecular weight is 220 g/mol. The fourth-order valence-electron chi connectivity index (χ4n) is 7.27. The number of rotatable bonds is 0. The molecule has 1 heterocycles.